The SMILES string of the molecule is O=C(Nc1cccc(Cl)c1)c1sc2ncccc2c1-c1ccc(Cl)cc1. The summed E-state index contributed by atoms with van der Waals surface area (Å²) in [6, 6.07) is 18.4. The van der Waals surface area contributed by atoms with Crippen LogP contribution in [0.25, 0.3) is 21.3 Å². The smallest absolute Gasteiger partial charge is 0.266 e. The molecule has 0 spiro atoms. The molecule has 0 fully saturated rings. The van der Waals surface area contributed by atoms with Gasteiger partial charge in [0.25, 0.3) is 5.91 Å². The second-order valence-corrected chi connectivity index (χ2v) is 7.51. The summed E-state index contributed by atoms with van der Waals surface area (Å²) in [6.45, 7) is 0. The summed E-state index contributed by atoms with van der Waals surface area (Å²) >= 11 is 13.4. The number of nitrogens with zero attached hydrogens (tertiary/aromatic N) is 1. The highest BCUT2D eigenvalue weighted by atomic mass is 35.5. The Balaban J connectivity index is 1.82. The molecule has 4 aromatic rings. The molecular formula is C20H12Cl2N2OS. The average Bonchev–Trinajstić information content (AvgIpc) is 3.02. The van der Waals surface area contributed by atoms with E-state index in [1.54, 1.807) is 30.5 Å². The van der Waals surface area contributed by atoms with Crippen molar-refractivity contribution < 1.29 is 4.79 Å². The number of halogens is 2. The number of anilines is 1. The summed E-state index contributed by atoms with van der Waals surface area (Å²) in [6.07, 6.45) is 1.73. The highest BCUT2D eigenvalue weighted by Crippen LogP contribution is 2.38. The van der Waals surface area contributed by atoms with Gasteiger partial charge in [-0.3, -0.25) is 4.79 Å². The number of hydrogen-bond donors (Lipinski definition) is 1. The van der Waals surface area contributed by atoms with Crippen LogP contribution in [-0.2, 0) is 0 Å². The minimum atomic E-state index is -0.194. The number of amides is 1. The number of carbonyl (C=O) groups excluding carboxylic acids is 1. The molecule has 3 nitrogen and oxygen atoms in total. The molecule has 1 N–H and O–H groups in total. The maximum atomic E-state index is 13.0. The minimum Gasteiger partial charge on any atom is -0.321 e. The minimum absolute atomic E-state index is 0.194. The highest BCUT2D eigenvalue weighted by Gasteiger charge is 2.20. The van der Waals surface area contributed by atoms with E-state index >= 15 is 0 Å². The Labute approximate surface area is 164 Å². The predicted octanol–water partition coefficient (Wildman–Crippen LogP) is 6.52. The molecule has 2 aromatic carbocycles. The zero-order valence-corrected chi connectivity index (χ0v) is 15.7. The van der Waals surface area contributed by atoms with E-state index in [9.17, 15) is 4.79 Å². The Bertz CT molecular complexity index is 1110. The number of thiophene rings is 1. The number of fused-ring (bicyclic) bond motifs is 1. The molecule has 26 heavy (non-hydrogen) atoms. The maximum absolute atomic E-state index is 13.0. The van der Waals surface area contributed by atoms with Crippen molar-refractivity contribution in [2.75, 3.05) is 5.32 Å². The zero-order valence-electron chi connectivity index (χ0n) is 13.4. The van der Waals surface area contributed by atoms with Gasteiger partial charge in [0.1, 0.15) is 9.71 Å². The second kappa shape index (κ2) is 7.08. The van der Waals surface area contributed by atoms with E-state index in [0.717, 1.165) is 21.3 Å². The van der Waals surface area contributed by atoms with E-state index in [4.69, 9.17) is 23.2 Å². The normalized spacial score (nSPS) is 10.8. The van der Waals surface area contributed by atoms with Crippen LogP contribution < -0.4 is 5.32 Å². The van der Waals surface area contributed by atoms with Gasteiger partial charge in [0.2, 0.25) is 0 Å². The molecule has 0 saturated heterocycles. The summed E-state index contributed by atoms with van der Waals surface area (Å²) in [5, 5.41) is 5.07. The van der Waals surface area contributed by atoms with Crippen LogP contribution >= 0.6 is 34.5 Å². The van der Waals surface area contributed by atoms with E-state index in [2.05, 4.69) is 10.3 Å². The van der Waals surface area contributed by atoms with E-state index in [1.165, 1.54) is 11.3 Å². The Morgan fingerprint density at radius 3 is 2.54 bits per heavy atom. The fourth-order valence-electron chi connectivity index (χ4n) is 2.75. The van der Waals surface area contributed by atoms with Gasteiger partial charge in [0.05, 0.1) is 0 Å². The monoisotopic (exact) mass is 398 g/mol. The van der Waals surface area contributed by atoms with Crippen molar-refractivity contribution >= 4 is 56.3 Å². The lowest BCUT2D eigenvalue weighted by Crippen LogP contribution is -2.11. The third-order valence-electron chi connectivity index (χ3n) is 3.89. The average molecular weight is 399 g/mol. The van der Waals surface area contributed by atoms with Crippen molar-refractivity contribution in [3.8, 4) is 11.1 Å². The molecule has 2 aromatic heterocycles. The first-order valence-electron chi connectivity index (χ1n) is 7.82. The zero-order chi connectivity index (χ0) is 18.1. The van der Waals surface area contributed by atoms with Gasteiger partial charge in [-0.25, -0.2) is 4.98 Å². The summed E-state index contributed by atoms with van der Waals surface area (Å²) < 4.78 is 0. The number of carbonyl (C=O) groups is 1. The van der Waals surface area contributed by atoms with E-state index in [0.29, 0.717) is 20.6 Å². The molecule has 2 heterocycles. The number of nitrogens with one attached hydrogen (secondary N) is 1. The molecule has 128 valence electrons. The van der Waals surface area contributed by atoms with Crippen LogP contribution in [0.15, 0.2) is 66.9 Å². The number of rotatable bonds is 3. The van der Waals surface area contributed by atoms with Crippen molar-refractivity contribution in [1.29, 1.82) is 0 Å². The van der Waals surface area contributed by atoms with Gasteiger partial charge in [-0.2, -0.15) is 0 Å². The Morgan fingerprint density at radius 1 is 0.962 bits per heavy atom. The van der Waals surface area contributed by atoms with Crippen LogP contribution in [0.3, 0.4) is 0 Å². The summed E-state index contributed by atoms with van der Waals surface area (Å²) in [5.74, 6) is -0.194. The molecule has 0 aliphatic heterocycles. The predicted molar refractivity (Wildman–Crippen MR) is 109 cm³/mol. The molecule has 0 aliphatic carbocycles. The Morgan fingerprint density at radius 2 is 1.77 bits per heavy atom. The Hall–Kier alpha value is -2.40. The van der Waals surface area contributed by atoms with Crippen LogP contribution in [0.5, 0.6) is 0 Å². The number of benzene rings is 2. The van der Waals surface area contributed by atoms with Gasteiger partial charge in [-0.1, -0.05) is 41.4 Å². The van der Waals surface area contributed by atoms with Gasteiger partial charge in [0, 0.05) is 32.9 Å². The third-order valence-corrected chi connectivity index (χ3v) is 5.49. The van der Waals surface area contributed by atoms with Crippen molar-refractivity contribution in [1.82, 2.24) is 4.98 Å². The van der Waals surface area contributed by atoms with Gasteiger partial charge >= 0.3 is 0 Å². The van der Waals surface area contributed by atoms with Crippen molar-refractivity contribution in [2.45, 2.75) is 0 Å². The second-order valence-electron chi connectivity index (χ2n) is 5.63. The molecule has 0 radical (unpaired) electrons. The number of hydrogen-bond acceptors (Lipinski definition) is 3. The molecule has 0 aliphatic rings. The standard InChI is InChI=1S/C20H12Cl2N2OS/c21-13-8-6-12(7-9-13)17-16-5-2-10-23-20(16)26-18(17)19(25)24-15-4-1-3-14(22)11-15/h1-11H,(H,24,25). The fourth-order valence-corrected chi connectivity index (χ4v) is 4.13. The van der Waals surface area contributed by atoms with Crippen molar-refractivity contribution in [2.24, 2.45) is 0 Å². The molecular weight excluding hydrogens is 387 g/mol. The van der Waals surface area contributed by atoms with Crippen molar-refractivity contribution in [3.05, 3.63) is 81.8 Å². The molecule has 0 unspecified atom stereocenters. The lowest BCUT2D eigenvalue weighted by atomic mass is 10.0. The molecule has 0 atom stereocenters. The first-order chi connectivity index (χ1) is 12.6. The molecule has 4 rings (SSSR count). The van der Waals surface area contributed by atoms with Crippen LogP contribution in [0.4, 0.5) is 5.69 Å². The van der Waals surface area contributed by atoms with E-state index in [-0.39, 0.29) is 5.91 Å². The topological polar surface area (TPSA) is 42.0 Å². The summed E-state index contributed by atoms with van der Waals surface area (Å²) in [4.78, 5) is 18.8. The van der Waals surface area contributed by atoms with Gasteiger partial charge < -0.3 is 5.32 Å². The third kappa shape index (κ3) is 3.31. The van der Waals surface area contributed by atoms with Gasteiger partial charge in [-0.15, -0.1) is 11.3 Å². The summed E-state index contributed by atoms with van der Waals surface area (Å²) in [7, 11) is 0. The van der Waals surface area contributed by atoms with Crippen LogP contribution in [0.2, 0.25) is 10.0 Å². The van der Waals surface area contributed by atoms with Gasteiger partial charge in [0.15, 0.2) is 0 Å². The molecule has 0 saturated carbocycles. The number of pyridine rings is 1. The Kier molecular flexibility index (Phi) is 4.64. The van der Waals surface area contributed by atoms with Crippen molar-refractivity contribution in [3.63, 3.8) is 0 Å². The molecule has 6 heteroatoms. The van der Waals surface area contributed by atoms with E-state index in [1.807, 2.05) is 36.4 Å². The summed E-state index contributed by atoms with van der Waals surface area (Å²) in [5.41, 5.74) is 2.43. The molecule has 1 amide bonds. The highest BCUT2D eigenvalue weighted by molar-refractivity contribution is 7.21. The quantitative estimate of drug-likeness (QED) is 0.426. The van der Waals surface area contributed by atoms with Crippen LogP contribution in [0.1, 0.15) is 9.67 Å². The first-order valence-corrected chi connectivity index (χ1v) is 9.39. The number of aromatic nitrogens is 1. The lowest BCUT2D eigenvalue weighted by molar-refractivity contribution is 0.103. The fraction of sp³-hybridized carbons (Fsp3) is 0. The molecule has 0 bridgehead atoms. The van der Waals surface area contributed by atoms with Crippen LogP contribution in [-0.4, -0.2) is 10.9 Å². The maximum Gasteiger partial charge on any atom is 0.266 e. The van der Waals surface area contributed by atoms with Gasteiger partial charge in [-0.05, 0) is 48.0 Å². The van der Waals surface area contributed by atoms with E-state index < -0.39 is 0 Å². The van der Waals surface area contributed by atoms with Crippen LogP contribution in [0, 0.1) is 0 Å². The lowest BCUT2D eigenvalue weighted by Gasteiger charge is -2.07. The first kappa shape index (κ1) is 17.0. The largest absolute Gasteiger partial charge is 0.321 e.